The summed E-state index contributed by atoms with van der Waals surface area (Å²) in [5, 5.41) is 8.93. The maximum atomic E-state index is 10.9. The summed E-state index contributed by atoms with van der Waals surface area (Å²) in [6, 6.07) is 4.74. The van der Waals surface area contributed by atoms with Gasteiger partial charge in [-0.2, -0.15) is 0 Å². The van der Waals surface area contributed by atoms with Gasteiger partial charge >= 0.3 is 5.97 Å². The van der Waals surface area contributed by atoms with Gasteiger partial charge in [0, 0.05) is 24.8 Å². The smallest absolute Gasteiger partial charge is 0.335 e. The molecule has 0 unspecified atom stereocenters. The van der Waals surface area contributed by atoms with Gasteiger partial charge in [-0.25, -0.2) is 4.79 Å². The number of carboxylic acid groups (broad SMARTS) is 1. The van der Waals surface area contributed by atoms with Crippen LogP contribution in [-0.2, 0) is 0 Å². The quantitative estimate of drug-likeness (QED) is 0.785. The lowest BCUT2D eigenvalue weighted by Crippen LogP contribution is -2.28. The molecule has 0 bridgehead atoms. The minimum atomic E-state index is -0.985. The summed E-state index contributed by atoms with van der Waals surface area (Å²) in [5.41, 5.74) is 0.982. The molecule has 1 aromatic carbocycles. The van der Waals surface area contributed by atoms with Crippen LogP contribution >= 0.6 is 23.2 Å². The number of carboxylic acids is 1. The molecule has 0 heterocycles. The van der Waals surface area contributed by atoms with E-state index in [0.29, 0.717) is 30.6 Å². The Morgan fingerprint density at radius 1 is 1.33 bits per heavy atom. The van der Waals surface area contributed by atoms with Crippen LogP contribution in [0.1, 0.15) is 10.4 Å². The molecule has 0 saturated carbocycles. The molecular formula is C12H15Cl2NO3. The van der Waals surface area contributed by atoms with E-state index < -0.39 is 5.97 Å². The number of ether oxygens (including phenoxy) is 1. The van der Waals surface area contributed by atoms with E-state index in [1.54, 1.807) is 6.07 Å². The van der Waals surface area contributed by atoms with Crippen molar-refractivity contribution in [2.24, 2.45) is 0 Å². The molecule has 100 valence electrons. The molecule has 6 heteroatoms. The fraction of sp³-hybridized carbons (Fsp3) is 0.417. The maximum absolute atomic E-state index is 10.9. The lowest BCUT2D eigenvalue weighted by atomic mass is 10.1. The first-order valence-electron chi connectivity index (χ1n) is 5.42. The van der Waals surface area contributed by atoms with Crippen LogP contribution in [0.4, 0.5) is 5.69 Å². The molecule has 0 aliphatic rings. The number of hydrogen-bond acceptors (Lipinski definition) is 3. The standard InChI is InChI=1S/C12H15Cl2NO3/c1-18-11-8-9(12(16)17)2-3-10(11)15(6-4-13)7-5-14/h2-3,8H,4-7H2,1H3,(H,16,17). The van der Waals surface area contributed by atoms with E-state index in [4.69, 9.17) is 33.0 Å². The van der Waals surface area contributed by atoms with E-state index in [2.05, 4.69) is 0 Å². The molecule has 0 aromatic heterocycles. The molecule has 1 rings (SSSR count). The molecule has 1 N–H and O–H groups in total. The second-order valence-electron chi connectivity index (χ2n) is 3.56. The highest BCUT2D eigenvalue weighted by atomic mass is 35.5. The molecule has 0 spiro atoms. The van der Waals surface area contributed by atoms with Gasteiger partial charge in [-0.05, 0) is 18.2 Å². The van der Waals surface area contributed by atoms with E-state index in [0.717, 1.165) is 5.69 Å². The number of hydrogen-bond donors (Lipinski definition) is 1. The van der Waals surface area contributed by atoms with Crippen molar-refractivity contribution in [3.8, 4) is 5.75 Å². The van der Waals surface area contributed by atoms with Crippen molar-refractivity contribution in [1.82, 2.24) is 0 Å². The molecule has 4 nitrogen and oxygen atoms in total. The van der Waals surface area contributed by atoms with Crippen molar-refractivity contribution in [2.75, 3.05) is 36.9 Å². The Morgan fingerprint density at radius 2 is 1.94 bits per heavy atom. The third-order valence-electron chi connectivity index (χ3n) is 2.48. The molecule has 0 radical (unpaired) electrons. The highest BCUT2D eigenvalue weighted by molar-refractivity contribution is 6.18. The maximum Gasteiger partial charge on any atom is 0.335 e. The predicted octanol–water partition coefficient (Wildman–Crippen LogP) is 2.68. The van der Waals surface area contributed by atoms with Gasteiger partial charge in [0.15, 0.2) is 0 Å². The van der Waals surface area contributed by atoms with Gasteiger partial charge in [-0.1, -0.05) is 0 Å². The number of methoxy groups -OCH3 is 1. The van der Waals surface area contributed by atoms with Crippen molar-refractivity contribution in [3.05, 3.63) is 23.8 Å². The van der Waals surface area contributed by atoms with E-state index in [1.807, 2.05) is 4.90 Å². The van der Waals surface area contributed by atoms with E-state index in [1.165, 1.54) is 19.2 Å². The fourth-order valence-corrected chi connectivity index (χ4v) is 2.04. The largest absolute Gasteiger partial charge is 0.495 e. The van der Waals surface area contributed by atoms with Crippen LogP contribution in [0, 0.1) is 0 Å². The van der Waals surface area contributed by atoms with Crippen LogP contribution in [-0.4, -0.2) is 43.0 Å². The van der Waals surface area contributed by atoms with Crippen LogP contribution < -0.4 is 9.64 Å². The van der Waals surface area contributed by atoms with Gasteiger partial charge in [-0.3, -0.25) is 0 Å². The first-order chi connectivity index (χ1) is 8.63. The van der Waals surface area contributed by atoms with Gasteiger partial charge in [0.25, 0.3) is 0 Å². The van der Waals surface area contributed by atoms with Crippen LogP contribution in [0.5, 0.6) is 5.75 Å². The monoisotopic (exact) mass is 291 g/mol. The topological polar surface area (TPSA) is 49.8 Å². The molecule has 1 aromatic rings. The van der Waals surface area contributed by atoms with Gasteiger partial charge in [0.1, 0.15) is 5.75 Å². The number of benzene rings is 1. The summed E-state index contributed by atoms with van der Waals surface area (Å²) >= 11 is 11.5. The molecular weight excluding hydrogens is 277 g/mol. The van der Waals surface area contributed by atoms with Crippen molar-refractivity contribution in [2.45, 2.75) is 0 Å². The van der Waals surface area contributed by atoms with Crippen molar-refractivity contribution < 1.29 is 14.6 Å². The Bertz CT molecular complexity index is 406. The van der Waals surface area contributed by atoms with Gasteiger partial charge < -0.3 is 14.7 Å². The highest BCUT2D eigenvalue weighted by Gasteiger charge is 2.14. The zero-order chi connectivity index (χ0) is 13.5. The van der Waals surface area contributed by atoms with E-state index in [9.17, 15) is 4.79 Å². The summed E-state index contributed by atoms with van der Waals surface area (Å²) in [5.74, 6) is 0.438. The molecule has 0 amide bonds. The number of anilines is 1. The zero-order valence-electron chi connectivity index (χ0n) is 10.0. The fourth-order valence-electron chi connectivity index (χ4n) is 1.63. The molecule has 0 aliphatic heterocycles. The summed E-state index contributed by atoms with van der Waals surface area (Å²) in [6.45, 7) is 1.24. The Kier molecular flexibility index (Phi) is 6.09. The van der Waals surface area contributed by atoms with Crippen LogP contribution in [0.2, 0.25) is 0 Å². The van der Waals surface area contributed by atoms with Gasteiger partial charge in [0.05, 0.1) is 18.4 Å². The molecule has 0 atom stereocenters. The molecule has 18 heavy (non-hydrogen) atoms. The number of nitrogens with zero attached hydrogens (tertiary/aromatic N) is 1. The second-order valence-corrected chi connectivity index (χ2v) is 4.31. The van der Waals surface area contributed by atoms with Crippen molar-refractivity contribution in [3.63, 3.8) is 0 Å². The molecule has 0 saturated heterocycles. The minimum Gasteiger partial charge on any atom is -0.495 e. The summed E-state index contributed by atoms with van der Waals surface area (Å²) in [6.07, 6.45) is 0. The Hall–Kier alpha value is -1.13. The highest BCUT2D eigenvalue weighted by Crippen LogP contribution is 2.29. The SMILES string of the molecule is COc1cc(C(=O)O)ccc1N(CCCl)CCCl. The lowest BCUT2D eigenvalue weighted by Gasteiger charge is -2.25. The number of aromatic carboxylic acids is 1. The third-order valence-corrected chi connectivity index (χ3v) is 2.81. The average molecular weight is 292 g/mol. The number of alkyl halides is 2. The Labute approximate surface area is 116 Å². The summed E-state index contributed by atoms with van der Waals surface area (Å²) in [4.78, 5) is 12.9. The second kappa shape index (κ2) is 7.34. The first-order valence-corrected chi connectivity index (χ1v) is 6.49. The minimum absolute atomic E-state index is 0.187. The Balaban J connectivity index is 3.09. The predicted molar refractivity (Wildman–Crippen MR) is 73.6 cm³/mol. The number of rotatable bonds is 7. The van der Waals surface area contributed by atoms with Crippen LogP contribution in [0.3, 0.4) is 0 Å². The van der Waals surface area contributed by atoms with Crippen LogP contribution in [0.15, 0.2) is 18.2 Å². The third kappa shape index (κ3) is 3.68. The van der Waals surface area contributed by atoms with E-state index in [-0.39, 0.29) is 5.56 Å². The van der Waals surface area contributed by atoms with Crippen LogP contribution in [0.25, 0.3) is 0 Å². The Morgan fingerprint density at radius 3 is 2.39 bits per heavy atom. The zero-order valence-corrected chi connectivity index (χ0v) is 11.5. The molecule has 0 aliphatic carbocycles. The number of halogens is 2. The van der Waals surface area contributed by atoms with Gasteiger partial charge in [-0.15, -0.1) is 23.2 Å². The van der Waals surface area contributed by atoms with Crippen molar-refractivity contribution in [1.29, 1.82) is 0 Å². The van der Waals surface area contributed by atoms with Gasteiger partial charge in [0.2, 0.25) is 0 Å². The lowest BCUT2D eigenvalue weighted by molar-refractivity contribution is 0.0696. The summed E-state index contributed by atoms with van der Waals surface area (Å²) in [7, 11) is 1.50. The van der Waals surface area contributed by atoms with Crippen molar-refractivity contribution >= 4 is 34.9 Å². The summed E-state index contributed by atoms with van der Waals surface area (Å²) < 4.78 is 5.22. The number of carbonyl (C=O) groups is 1. The normalized spacial score (nSPS) is 10.2. The first kappa shape index (κ1) is 14.9. The molecule has 0 fully saturated rings. The average Bonchev–Trinajstić information content (AvgIpc) is 2.37. The van der Waals surface area contributed by atoms with E-state index >= 15 is 0 Å².